The number of hydrogen-bond donors (Lipinski definition) is 3. The number of hydrogen-bond acceptors (Lipinski definition) is 10. The molecule has 2 aromatic carbocycles. The highest BCUT2D eigenvalue weighted by atomic mass is 31.2. The van der Waals surface area contributed by atoms with Gasteiger partial charge in [0, 0.05) is 24.1 Å². The van der Waals surface area contributed by atoms with E-state index in [-0.39, 0.29) is 30.7 Å². The molecule has 212 valence electrons. The van der Waals surface area contributed by atoms with Crippen molar-refractivity contribution in [2.24, 2.45) is 11.8 Å². The van der Waals surface area contributed by atoms with Gasteiger partial charge in [-0.1, -0.05) is 12.1 Å². The molecule has 4 N–H and O–H groups in total. The summed E-state index contributed by atoms with van der Waals surface area (Å²) in [6, 6.07) is 8.93. The lowest BCUT2D eigenvalue weighted by Gasteiger charge is -2.45. The summed E-state index contributed by atoms with van der Waals surface area (Å²) in [4.78, 5) is 32.8. The largest absolute Gasteiger partial charge is 0.527 e. The van der Waals surface area contributed by atoms with E-state index in [9.17, 15) is 27.7 Å². The van der Waals surface area contributed by atoms with Crippen molar-refractivity contribution in [1.29, 1.82) is 0 Å². The lowest BCUT2D eigenvalue weighted by Crippen LogP contribution is -2.43. The fourth-order valence-corrected chi connectivity index (χ4v) is 5.96. The van der Waals surface area contributed by atoms with Crippen LogP contribution in [0.2, 0.25) is 0 Å². The molecule has 40 heavy (non-hydrogen) atoms. The predicted molar refractivity (Wildman–Crippen MR) is 136 cm³/mol. The summed E-state index contributed by atoms with van der Waals surface area (Å²) >= 11 is 0. The Labute approximate surface area is 225 Å². The van der Waals surface area contributed by atoms with Crippen LogP contribution in [0.5, 0.6) is 11.5 Å². The Morgan fingerprint density at radius 3 is 2.15 bits per heavy atom. The maximum Gasteiger partial charge on any atom is 0.527 e. The molecule has 5 atom stereocenters. The minimum atomic E-state index is -4.70. The van der Waals surface area contributed by atoms with E-state index < -0.39 is 45.2 Å². The molecule has 0 aliphatic heterocycles. The zero-order valence-corrected chi connectivity index (χ0v) is 22.3. The minimum Gasteiger partial charge on any atom is -0.404 e. The van der Waals surface area contributed by atoms with E-state index in [1.165, 1.54) is 36.8 Å². The van der Waals surface area contributed by atoms with Gasteiger partial charge in [-0.25, -0.2) is 27.9 Å². The van der Waals surface area contributed by atoms with Crippen LogP contribution < -0.4 is 14.8 Å². The molecule has 2 unspecified atom stereocenters. The number of nitrogens with zero attached hydrogens (tertiary/aromatic N) is 4. The third kappa shape index (κ3) is 6.64. The first-order valence-electron chi connectivity index (χ1n) is 11.8. The van der Waals surface area contributed by atoms with Crippen LogP contribution in [0.1, 0.15) is 12.5 Å². The molecule has 0 bridgehead atoms. The number of phosphoric ester groups is 2. The van der Waals surface area contributed by atoms with Crippen molar-refractivity contribution in [3.05, 3.63) is 72.7 Å². The number of benzene rings is 2. The number of halogens is 2. The molecule has 0 saturated heterocycles. The first kappa shape index (κ1) is 28.1. The number of rotatable bonds is 11. The molecule has 0 spiro atoms. The Kier molecular flexibility index (Phi) is 7.87. The molecule has 17 heteroatoms. The number of anilines is 1. The standard InChI is InChI=1S/C23H23F2N5O8P2/c24-15-3-1-5-17(8-15)37-39(31,32)35-11-14-7-21(30-13-28-20-10-27-23(26)29-22(20)30)19(14)12-36-40(33,34)38-18-6-2-4-16(25)9-18/h1-6,8-10,13-14,19,21H,7,11-12H2,(H,31,32)(H,33,34)(H2,26,27,29)/t14-,19-,21-/m1/s1. The summed E-state index contributed by atoms with van der Waals surface area (Å²) in [5.74, 6) is -2.76. The Morgan fingerprint density at radius 2 is 1.55 bits per heavy atom. The summed E-state index contributed by atoms with van der Waals surface area (Å²) in [6.07, 6.45) is 3.31. The second-order valence-corrected chi connectivity index (χ2v) is 11.7. The van der Waals surface area contributed by atoms with Gasteiger partial charge in [0.1, 0.15) is 28.7 Å². The topological polar surface area (TPSA) is 181 Å². The van der Waals surface area contributed by atoms with Crippen LogP contribution in [0.4, 0.5) is 14.7 Å². The van der Waals surface area contributed by atoms with Crippen LogP contribution in [-0.4, -0.2) is 42.5 Å². The average Bonchev–Trinajstić information content (AvgIpc) is 3.25. The van der Waals surface area contributed by atoms with Crippen LogP contribution in [-0.2, 0) is 18.2 Å². The molecule has 13 nitrogen and oxygen atoms in total. The second kappa shape index (κ2) is 11.2. The van der Waals surface area contributed by atoms with Crippen molar-refractivity contribution >= 4 is 32.8 Å². The fourth-order valence-electron chi connectivity index (χ4n) is 4.36. The number of nitrogens with two attached hydrogens (primary N) is 1. The average molecular weight is 597 g/mol. The van der Waals surface area contributed by atoms with Gasteiger partial charge < -0.3 is 19.3 Å². The van der Waals surface area contributed by atoms with Gasteiger partial charge in [0.15, 0.2) is 5.65 Å². The van der Waals surface area contributed by atoms with Crippen LogP contribution >= 0.6 is 15.6 Å². The molecule has 5 rings (SSSR count). The Balaban J connectivity index is 1.31. The SMILES string of the molecule is Nc1ncc2ncn([C@@H]3C[C@H](COP(=O)(O)Oc4cccc(F)c4)[C@H]3COP(=O)(O)Oc3cccc(F)c3)c2n1. The zero-order valence-electron chi connectivity index (χ0n) is 20.5. The summed E-state index contributed by atoms with van der Waals surface area (Å²) in [6.45, 7) is -0.666. The van der Waals surface area contributed by atoms with Crippen molar-refractivity contribution in [3.8, 4) is 11.5 Å². The molecule has 0 amide bonds. The van der Waals surface area contributed by atoms with Crippen molar-refractivity contribution < 1.29 is 45.8 Å². The minimum absolute atomic E-state index is 0.0142. The van der Waals surface area contributed by atoms with Gasteiger partial charge in [-0.2, -0.15) is 4.98 Å². The smallest absolute Gasteiger partial charge is 0.404 e. The maximum atomic E-state index is 13.5. The van der Waals surface area contributed by atoms with Crippen LogP contribution in [0.3, 0.4) is 0 Å². The molecule has 0 radical (unpaired) electrons. The second-order valence-electron chi connectivity index (χ2n) is 8.94. The number of aromatic nitrogens is 4. The molecule has 1 saturated carbocycles. The molecule has 1 aliphatic rings. The van der Waals surface area contributed by atoms with Crippen LogP contribution in [0, 0.1) is 23.5 Å². The number of phosphoric acid groups is 2. The monoisotopic (exact) mass is 597 g/mol. The summed E-state index contributed by atoms with van der Waals surface area (Å²) in [7, 11) is -9.35. The highest BCUT2D eigenvalue weighted by Gasteiger charge is 2.45. The van der Waals surface area contributed by atoms with Crippen molar-refractivity contribution in [3.63, 3.8) is 0 Å². The molecule has 4 aromatic rings. The quantitative estimate of drug-likeness (QED) is 0.209. The normalized spacial score (nSPS) is 21.8. The van der Waals surface area contributed by atoms with E-state index in [0.29, 0.717) is 17.6 Å². The first-order valence-corrected chi connectivity index (χ1v) is 14.8. The molecule has 1 aliphatic carbocycles. The third-order valence-corrected chi connectivity index (χ3v) is 8.09. The highest BCUT2D eigenvalue weighted by Crippen LogP contribution is 2.52. The van der Waals surface area contributed by atoms with Crippen molar-refractivity contribution in [2.45, 2.75) is 12.5 Å². The van der Waals surface area contributed by atoms with Gasteiger partial charge in [-0.3, -0.25) is 18.8 Å². The van der Waals surface area contributed by atoms with Gasteiger partial charge in [0.2, 0.25) is 5.95 Å². The van der Waals surface area contributed by atoms with Gasteiger partial charge in [0.05, 0.1) is 25.7 Å². The summed E-state index contributed by atoms with van der Waals surface area (Å²) < 4.78 is 74.0. The Hall–Kier alpha value is -3.45. The number of fused-ring (bicyclic) bond motifs is 1. The van der Waals surface area contributed by atoms with Crippen LogP contribution in [0.25, 0.3) is 11.2 Å². The fraction of sp³-hybridized carbons (Fsp3) is 0.261. The molecule has 2 heterocycles. The Bertz CT molecular complexity index is 1630. The molecule has 1 fully saturated rings. The van der Waals surface area contributed by atoms with E-state index in [4.69, 9.17) is 23.8 Å². The summed E-state index contributed by atoms with van der Waals surface area (Å²) in [5, 5.41) is 0. The van der Waals surface area contributed by atoms with Gasteiger partial charge >= 0.3 is 15.6 Å². The van der Waals surface area contributed by atoms with E-state index in [2.05, 4.69) is 15.0 Å². The lowest BCUT2D eigenvalue weighted by molar-refractivity contribution is -0.00445. The van der Waals surface area contributed by atoms with E-state index in [0.717, 1.165) is 24.3 Å². The molecule has 2 aromatic heterocycles. The van der Waals surface area contributed by atoms with Gasteiger partial charge in [-0.15, -0.1) is 0 Å². The first-order chi connectivity index (χ1) is 19.0. The van der Waals surface area contributed by atoms with Gasteiger partial charge in [0.25, 0.3) is 0 Å². The zero-order chi connectivity index (χ0) is 28.5. The Morgan fingerprint density at radius 1 is 0.950 bits per heavy atom. The maximum absolute atomic E-state index is 13.5. The number of imidazole rings is 1. The third-order valence-electron chi connectivity index (χ3n) is 6.25. The van der Waals surface area contributed by atoms with Gasteiger partial charge in [-0.05, 0) is 36.6 Å². The lowest BCUT2D eigenvalue weighted by atomic mass is 9.70. The van der Waals surface area contributed by atoms with E-state index in [1.807, 2.05) is 0 Å². The van der Waals surface area contributed by atoms with E-state index in [1.54, 1.807) is 4.57 Å². The molecular formula is C23H23F2N5O8P2. The van der Waals surface area contributed by atoms with Crippen molar-refractivity contribution in [2.75, 3.05) is 18.9 Å². The highest BCUT2D eigenvalue weighted by molar-refractivity contribution is 7.48. The van der Waals surface area contributed by atoms with E-state index >= 15 is 0 Å². The van der Waals surface area contributed by atoms with Crippen molar-refractivity contribution in [1.82, 2.24) is 19.5 Å². The summed E-state index contributed by atoms with van der Waals surface area (Å²) in [5.41, 5.74) is 6.59. The van der Waals surface area contributed by atoms with Crippen LogP contribution in [0.15, 0.2) is 61.1 Å². The predicted octanol–water partition coefficient (Wildman–Crippen LogP) is 4.26. The number of nitrogen functional groups attached to an aromatic ring is 1. The molecular weight excluding hydrogens is 574 g/mol.